The number of carboxylic acids is 1. The Bertz CT molecular complexity index is 444. The van der Waals surface area contributed by atoms with Crippen LogP contribution in [0.15, 0.2) is 30.3 Å². The normalized spacial score (nSPS) is 23.8. The molecule has 4 heteroatoms. The minimum atomic E-state index is -0.867. The molecule has 18 heavy (non-hydrogen) atoms. The summed E-state index contributed by atoms with van der Waals surface area (Å²) in [6.07, 6.45) is 1.28. The fraction of sp³-hybridized carbons (Fsp3) is 0.429. The van der Waals surface area contributed by atoms with Crippen LogP contribution in [0, 0.1) is 11.8 Å². The summed E-state index contributed by atoms with van der Waals surface area (Å²) in [5.41, 5.74) is 1.03. The zero-order valence-corrected chi connectivity index (χ0v) is 10.3. The van der Waals surface area contributed by atoms with E-state index in [0.29, 0.717) is 12.8 Å². The molecule has 96 valence electrons. The van der Waals surface area contributed by atoms with E-state index in [1.54, 1.807) is 0 Å². The highest BCUT2D eigenvalue weighted by atomic mass is 16.4. The summed E-state index contributed by atoms with van der Waals surface area (Å²) in [5, 5.41) is 11.8. The maximum Gasteiger partial charge on any atom is 0.307 e. The lowest BCUT2D eigenvalue weighted by Gasteiger charge is -2.33. The number of carbonyl (C=O) groups excluding carboxylic acids is 1. The Morgan fingerprint density at radius 2 is 1.83 bits per heavy atom. The fourth-order valence-corrected chi connectivity index (χ4v) is 2.25. The Labute approximate surface area is 106 Å². The largest absolute Gasteiger partial charge is 0.481 e. The minimum absolute atomic E-state index is 0.0891. The van der Waals surface area contributed by atoms with E-state index in [1.807, 2.05) is 37.3 Å². The number of amides is 1. The topological polar surface area (TPSA) is 66.4 Å². The van der Waals surface area contributed by atoms with E-state index in [9.17, 15) is 9.59 Å². The third kappa shape index (κ3) is 2.53. The summed E-state index contributed by atoms with van der Waals surface area (Å²) in [4.78, 5) is 22.8. The Morgan fingerprint density at radius 3 is 2.33 bits per heavy atom. The molecule has 1 aromatic rings. The van der Waals surface area contributed by atoms with Gasteiger partial charge in [0.05, 0.1) is 17.9 Å². The van der Waals surface area contributed by atoms with Gasteiger partial charge in [0.25, 0.3) is 0 Å². The van der Waals surface area contributed by atoms with Gasteiger partial charge in [-0.3, -0.25) is 9.59 Å². The first-order valence-electron chi connectivity index (χ1n) is 6.17. The van der Waals surface area contributed by atoms with Crippen molar-refractivity contribution >= 4 is 11.9 Å². The Balaban J connectivity index is 1.94. The van der Waals surface area contributed by atoms with Crippen LogP contribution in [0.25, 0.3) is 0 Å². The van der Waals surface area contributed by atoms with Gasteiger partial charge < -0.3 is 10.4 Å². The fourth-order valence-electron chi connectivity index (χ4n) is 2.25. The summed E-state index contributed by atoms with van der Waals surface area (Å²) in [5.74, 6) is -1.89. The van der Waals surface area contributed by atoms with Crippen molar-refractivity contribution in [2.45, 2.75) is 25.8 Å². The number of aliphatic carboxylic acids is 1. The van der Waals surface area contributed by atoms with Gasteiger partial charge in [-0.1, -0.05) is 30.3 Å². The molecule has 1 aliphatic rings. The van der Waals surface area contributed by atoms with Crippen LogP contribution in [-0.2, 0) is 9.59 Å². The molecule has 1 aromatic carbocycles. The predicted molar refractivity (Wildman–Crippen MR) is 66.8 cm³/mol. The van der Waals surface area contributed by atoms with Gasteiger partial charge in [-0.15, -0.1) is 0 Å². The molecule has 1 amide bonds. The van der Waals surface area contributed by atoms with Crippen molar-refractivity contribution in [1.29, 1.82) is 0 Å². The maximum atomic E-state index is 11.9. The second-order valence-electron chi connectivity index (χ2n) is 4.77. The van der Waals surface area contributed by atoms with Gasteiger partial charge in [0.1, 0.15) is 0 Å². The third-order valence-corrected chi connectivity index (χ3v) is 3.59. The molecular formula is C14H17NO3. The van der Waals surface area contributed by atoms with E-state index in [2.05, 4.69) is 5.32 Å². The van der Waals surface area contributed by atoms with Crippen LogP contribution >= 0.6 is 0 Å². The van der Waals surface area contributed by atoms with E-state index >= 15 is 0 Å². The van der Waals surface area contributed by atoms with Crippen LogP contribution in [0.1, 0.15) is 31.4 Å². The van der Waals surface area contributed by atoms with Crippen LogP contribution < -0.4 is 5.32 Å². The SMILES string of the molecule is C[C@@H](NC(=O)C1CCC1C(=O)O)c1ccccc1. The lowest BCUT2D eigenvalue weighted by molar-refractivity contribution is -0.152. The van der Waals surface area contributed by atoms with Crippen molar-refractivity contribution in [3.63, 3.8) is 0 Å². The number of carboxylic acid groups (broad SMARTS) is 1. The molecule has 4 nitrogen and oxygen atoms in total. The van der Waals surface area contributed by atoms with Gasteiger partial charge in [0.15, 0.2) is 0 Å². The van der Waals surface area contributed by atoms with Gasteiger partial charge in [-0.2, -0.15) is 0 Å². The average molecular weight is 247 g/mol. The zero-order valence-electron chi connectivity index (χ0n) is 10.3. The van der Waals surface area contributed by atoms with Gasteiger partial charge in [0.2, 0.25) is 5.91 Å². The molecule has 0 spiro atoms. The molecule has 2 rings (SSSR count). The molecule has 0 heterocycles. The first-order chi connectivity index (χ1) is 8.59. The lowest BCUT2D eigenvalue weighted by Crippen LogP contribution is -2.44. The number of carbonyl (C=O) groups is 2. The molecule has 2 unspecified atom stereocenters. The van der Waals surface area contributed by atoms with E-state index in [1.165, 1.54) is 0 Å². The van der Waals surface area contributed by atoms with Crippen molar-refractivity contribution in [2.24, 2.45) is 11.8 Å². The summed E-state index contributed by atoms with van der Waals surface area (Å²) in [7, 11) is 0. The highest BCUT2D eigenvalue weighted by molar-refractivity contribution is 5.86. The minimum Gasteiger partial charge on any atom is -0.481 e. The van der Waals surface area contributed by atoms with Crippen LogP contribution in [0.2, 0.25) is 0 Å². The monoisotopic (exact) mass is 247 g/mol. The summed E-state index contributed by atoms with van der Waals surface area (Å²) < 4.78 is 0. The highest BCUT2D eigenvalue weighted by Crippen LogP contribution is 2.35. The van der Waals surface area contributed by atoms with Crippen LogP contribution in [0.4, 0.5) is 0 Å². The first kappa shape index (κ1) is 12.6. The summed E-state index contributed by atoms with van der Waals surface area (Å²) in [6, 6.07) is 9.56. The molecule has 0 aromatic heterocycles. The standard InChI is InChI=1S/C14H17NO3/c1-9(10-5-3-2-4-6-10)15-13(16)11-7-8-12(11)14(17)18/h2-6,9,11-12H,7-8H2,1H3,(H,15,16)(H,17,18)/t9-,11?,12?/m1/s1. The smallest absolute Gasteiger partial charge is 0.307 e. The third-order valence-electron chi connectivity index (χ3n) is 3.59. The summed E-state index contributed by atoms with van der Waals surface area (Å²) >= 11 is 0. The van der Waals surface area contributed by atoms with E-state index < -0.39 is 11.9 Å². The van der Waals surface area contributed by atoms with Gasteiger partial charge in [-0.05, 0) is 25.3 Å². The lowest BCUT2D eigenvalue weighted by atomic mass is 9.73. The number of hydrogen-bond donors (Lipinski definition) is 2. The molecule has 1 aliphatic carbocycles. The Hall–Kier alpha value is -1.84. The van der Waals surface area contributed by atoms with Crippen molar-refractivity contribution in [3.8, 4) is 0 Å². The number of rotatable bonds is 4. The van der Waals surface area contributed by atoms with Gasteiger partial charge >= 0.3 is 5.97 Å². The summed E-state index contributed by atoms with van der Waals surface area (Å²) in [6.45, 7) is 1.90. The second kappa shape index (κ2) is 5.21. The van der Waals surface area contributed by atoms with Crippen molar-refractivity contribution < 1.29 is 14.7 Å². The van der Waals surface area contributed by atoms with E-state index in [0.717, 1.165) is 5.56 Å². The molecule has 0 radical (unpaired) electrons. The molecule has 2 N–H and O–H groups in total. The molecule has 1 saturated carbocycles. The van der Waals surface area contributed by atoms with Crippen LogP contribution in [0.3, 0.4) is 0 Å². The van der Waals surface area contributed by atoms with Crippen LogP contribution in [0.5, 0.6) is 0 Å². The predicted octanol–water partition coefficient (Wildman–Crippen LogP) is 1.97. The number of nitrogens with one attached hydrogen (secondary N) is 1. The highest BCUT2D eigenvalue weighted by Gasteiger charge is 2.41. The second-order valence-corrected chi connectivity index (χ2v) is 4.77. The molecule has 3 atom stereocenters. The zero-order chi connectivity index (χ0) is 13.1. The Kier molecular flexibility index (Phi) is 3.65. The molecule has 0 bridgehead atoms. The molecule has 0 aliphatic heterocycles. The molecule has 1 fully saturated rings. The van der Waals surface area contributed by atoms with E-state index in [-0.39, 0.29) is 17.9 Å². The maximum absolute atomic E-state index is 11.9. The van der Waals surface area contributed by atoms with Crippen molar-refractivity contribution in [2.75, 3.05) is 0 Å². The van der Waals surface area contributed by atoms with Crippen molar-refractivity contribution in [3.05, 3.63) is 35.9 Å². The van der Waals surface area contributed by atoms with Crippen LogP contribution in [-0.4, -0.2) is 17.0 Å². The number of hydrogen-bond acceptors (Lipinski definition) is 2. The van der Waals surface area contributed by atoms with Gasteiger partial charge in [-0.25, -0.2) is 0 Å². The van der Waals surface area contributed by atoms with Crippen molar-refractivity contribution in [1.82, 2.24) is 5.32 Å². The Morgan fingerprint density at radius 1 is 1.22 bits per heavy atom. The molecular weight excluding hydrogens is 230 g/mol. The van der Waals surface area contributed by atoms with Gasteiger partial charge in [0, 0.05) is 0 Å². The molecule has 0 saturated heterocycles. The quantitative estimate of drug-likeness (QED) is 0.854. The average Bonchev–Trinajstić information content (AvgIpc) is 2.27. The van der Waals surface area contributed by atoms with E-state index in [4.69, 9.17) is 5.11 Å². The first-order valence-corrected chi connectivity index (χ1v) is 6.17. The number of benzene rings is 1.